The van der Waals surface area contributed by atoms with Crippen LogP contribution >= 0.6 is 0 Å². The normalized spacial score (nSPS) is 11.0. The van der Waals surface area contributed by atoms with Crippen LogP contribution in [0, 0.1) is 13.8 Å². The fourth-order valence-electron chi connectivity index (χ4n) is 3.33. The summed E-state index contributed by atoms with van der Waals surface area (Å²) in [6.07, 6.45) is 0. The molecule has 0 atom stereocenters. The number of hydrogen-bond acceptors (Lipinski definition) is 5. The van der Waals surface area contributed by atoms with Gasteiger partial charge < -0.3 is 13.9 Å². The van der Waals surface area contributed by atoms with Crippen molar-refractivity contribution in [1.29, 1.82) is 0 Å². The van der Waals surface area contributed by atoms with Crippen molar-refractivity contribution in [1.82, 2.24) is 0 Å². The van der Waals surface area contributed by atoms with Gasteiger partial charge in [-0.1, -0.05) is 42.5 Å². The Morgan fingerprint density at radius 3 is 2.69 bits per heavy atom. The SMILES string of the molecule is Cc1ccc(C)c(OCC(=O)OCc2cc(=O)oc3ccc4ccccc4c23)c1. The van der Waals surface area contributed by atoms with E-state index in [1.165, 1.54) is 6.07 Å². The van der Waals surface area contributed by atoms with Crippen molar-refractivity contribution < 1.29 is 18.7 Å². The highest BCUT2D eigenvalue weighted by Crippen LogP contribution is 2.27. The van der Waals surface area contributed by atoms with Crippen molar-refractivity contribution in [3.8, 4) is 5.75 Å². The first kappa shape index (κ1) is 18.7. The van der Waals surface area contributed by atoms with Crippen LogP contribution in [0.2, 0.25) is 0 Å². The molecule has 5 nitrogen and oxygen atoms in total. The number of hydrogen-bond donors (Lipinski definition) is 0. The number of benzene rings is 3. The largest absolute Gasteiger partial charge is 0.482 e. The standard InChI is InChI=1S/C24H20O5/c1-15-7-8-16(2)21(11-15)27-14-23(26)28-13-18-12-22(25)29-20-10-9-17-5-3-4-6-19(17)24(18)20/h3-12H,13-14H2,1-2H3. The number of fused-ring (bicyclic) bond motifs is 3. The van der Waals surface area contributed by atoms with Gasteiger partial charge in [0.05, 0.1) is 0 Å². The summed E-state index contributed by atoms with van der Waals surface area (Å²) >= 11 is 0. The van der Waals surface area contributed by atoms with Gasteiger partial charge in [-0.25, -0.2) is 9.59 Å². The Labute approximate surface area is 167 Å². The van der Waals surface area contributed by atoms with Gasteiger partial charge in [0.1, 0.15) is 17.9 Å². The first-order valence-electron chi connectivity index (χ1n) is 9.31. The molecule has 0 spiro atoms. The quantitative estimate of drug-likeness (QED) is 0.282. The van der Waals surface area contributed by atoms with Crippen LogP contribution in [0.4, 0.5) is 0 Å². The minimum atomic E-state index is -0.507. The van der Waals surface area contributed by atoms with E-state index < -0.39 is 11.6 Å². The first-order chi connectivity index (χ1) is 14.0. The Morgan fingerprint density at radius 1 is 1.00 bits per heavy atom. The van der Waals surface area contributed by atoms with E-state index in [1.54, 1.807) is 6.07 Å². The minimum absolute atomic E-state index is 0.0366. The molecule has 4 rings (SSSR count). The molecule has 146 valence electrons. The van der Waals surface area contributed by atoms with E-state index in [1.807, 2.05) is 62.4 Å². The van der Waals surface area contributed by atoms with Gasteiger partial charge in [0, 0.05) is 17.0 Å². The molecular weight excluding hydrogens is 368 g/mol. The van der Waals surface area contributed by atoms with Gasteiger partial charge >= 0.3 is 11.6 Å². The van der Waals surface area contributed by atoms with Crippen molar-refractivity contribution in [3.63, 3.8) is 0 Å². The molecule has 0 aliphatic heterocycles. The first-order valence-corrected chi connectivity index (χ1v) is 9.31. The van der Waals surface area contributed by atoms with Gasteiger partial charge in [0.2, 0.25) is 0 Å². The molecule has 0 saturated carbocycles. The smallest absolute Gasteiger partial charge is 0.344 e. The lowest BCUT2D eigenvalue weighted by atomic mass is 10.0. The minimum Gasteiger partial charge on any atom is -0.482 e. The monoisotopic (exact) mass is 388 g/mol. The Bertz CT molecular complexity index is 1270. The van der Waals surface area contributed by atoms with Gasteiger partial charge in [-0.15, -0.1) is 0 Å². The Morgan fingerprint density at radius 2 is 1.83 bits per heavy atom. The maximum Gasteiger partial charge on any atom is 0.344 e. The van der Waals surface area contributed by atoms with E-state index in [2.05, 4.69) is 0 Å². The van der Waals surface area contributed by atoms with Crippen LogP contribution in [-0.4, -0.2) is 12.6 Å². The van der Waals surface area contributed by atoms with Gasteiger partial charge in [-0.05, 0) is 47.9 Å². The molecule has 3 aromatic carbocycles. The van der Waals surface area contributed by atoms with E-state index in [9.17, 15) is 9.59 Å². The Kier molecular flexibility index (Phi) is 5.04. The molecule has 0 unspecified atom stereocenters. The van der Waals surface area contributed by atoms with Crippen LogP contribution in [0.25, 0.3) is 21.7 Å². The molecular formula is C24H20O5. The third-order valence-electron chi connectivity index (χ3n) is 4.79. The molecule has 0 aliphatic rings. The van der Waals surface area contributed by atoms with E-state index in [4.69, 9.17) is 13.9 Å². The summed E-state index contributed by atoms with van der Waals surface area (Å²) in [6.45, 7) is 3.64. The maximum absolute atomic E-state index is 12.2. The zero-order valence-corrected chi connectivity index (χ0v) is 16.2. The number of carbonyl (C=O) groups excluding carboxylic acids is 1. The molecule has 5 heteroatoms. The molecule has 29 heavy (non-hydrogen) atoms. The van der Waals surface area contributed by atoms with Crippen molar-refractivity contribution in [2.45, 2.75) is 20.5 Å². The highest BCUT2D eigenvalue weighted by molar-refractivity contribution is 6.07. The topological polar surface area (TPSA) is 65.7 Å². The van der Waals surface area contributed by atoms with Crippen LogP contribution < -0.4 is 10.4 Å². The van der Waals surface area contributed by atoms with Crippen LogP contribution in [0.3, 0.4) is 0 Å². The number of ether oxygens (including phenoxy) is 2. The highest BCUT2D eigenvalue weighted by atomic mass is 16.6. The summed E-state index contributed by atoms with van der Waals surface area (Å²) in [5.74, 6) is 0.145. The predicted molar refractivity (Wildman–Crippen MR) is 111 cm³/mol. The second kappa shape index (κ2) is 7.80. The molecule has 0 N–H and O–H groups in total. The molecule has 0 fully saturated rings. The second-order valence-electron chi connectivity index (χ2n) is 6.97. The average molecular weight is 388 g/mol. The van der Waals surface area contributed by atoms with E-state index >= 15 is 0 Å². The van der Waals surface area contributed by atoms with Crippen molar-refractivity contribution in [2.24, 2.45) is 0 Å². The summed E-state index contributed by atoms with van der Waals surface area (Å²) < 4.78 is 16.3. The van der Waals surface area contributed by atoms with Crippen molar-refractivity contribution >= 4 is 27.7 Å². The molecule has 0 saturated heterocycles. The summed E-state index contributed by atoms with van der Waals surface area (Å²) in [5, 5.41) is 2.72. The zero-order valence-electron chi connectivity index (χ0n) is 16.2. The van der Waals surface area contributed by atoms with Gasteiger partial charge in [0.25, 0.3) is 0 Å². The Hall–Kier alpha value is -3.60. The molecule has 0 aliphatic carbocycles. The maximum atomic E-state index is 12.2. The van der Waals surface area contributed by atoms with Gasteiger partial charge in [-0.3, -0.25) is 0 Å². The average Bonchev–Trinajstić information content (AvgIpc) is 2.72. The van der Waals surface area contributed by atoms with E-state index in [0.29, 0.717) is 16.9 Å². The Balaban J connectivity index is 1.55. The summed E-state index contributed by atoms with van der Waals surface area (Å²) in [4.78, 5) is 24.2. The third kappa shape index (κ3) is 3.99. The molecule has 0 amide bonds. The molecule has 0 radical (unpaired) electrons. The lowest BCUT2D eigenvalue weighted by Crippen LogP contribution is -2.16. The van der Waals surface area contributed by atoms with Crippen LogP contribution in [0.15, 0.2) is 69.9 Å². The highest BCUT2D eigenvalue weighted by Gasteiger charge is 2.12. The van der Waals surface area contributed by atoms with Crippen LogP contribution in [0.5, 0.6) is 5.75 Å². The summed E-state index contributed by atoms with van der Waals surface area (Å²) in [6, 6.07) is 18.6. The fourth-order valence-corrected chi connectivity index (χ4v) is 3.33. The number of carbonyl (C=O) groups is 1. The van der Waals surface area contributed by atoms with E-state index in [-0.39, 0.29) is 13.2 Å². The third-order valence-corrected chi connectivity index (χ3v) is 4.79. The van der Waals surface area contributed by atoms with Crippen molar-refractivity contribution in [2.75, 3.05) is 6.61 Å². The predicted octanol–water partition coefficient (Wildman–Crippen LogP) is 4.69. The van der Waals surface area contributed by atoms with Crippen molar-refractivity contribution in [3.05, 3.63) is 87.8 Å². The zero-order chi connectivity index (χ0) is 20.4. The fraction of sp³-hybridized carbons (Fsp3) is 0.167. The number of rotatable bonds is 5. The summed E-state index contributed by atoms with van der Waals surface area (Å²) in [5.41, 5.74) is 2.59. The van der Waals surface area contributed by atoms with Gasteiger partial charge in [-0.2, -0.15) is 0 Å². The summed E-state index contributed by atoms with van der Waals surface area (Å²) in [7, 11) is 0. The second-order valence-corrected chi connectivity index (χ2v) is 6.97. The van der Waals surface area contributed by atoms with E-state index in [0.717, 1.165) is 27.3 Å². The van der Waals surface area contributed by atoms with Crippen LogP contribution in [0.1, 0.15) is 16.7 Å². The number of esters is 1. The lowest BCUT2D eigenvalue weighted by molar-refractivity contribution is -0.147. The molecule has 0 bridgehead atoms. The van der Waals surface area contributed by atoms with Crippen LogP contribution in [-0.2, 0) is 16.1 Å². The number of aryl methyl sites for hydroxylation is 2. The molecule has 1 aromatic heterocycles. The van der Waals surface area contributed by atoms with Gasteiger partial charge in [0.15, 0.2) is 6.61 Å². The molecule has 1 heterocycles. The lowest BCUT2D eigenvalue weighted by Gasteiger charge is -2.11. The molecule has 4 aromatic rings.